The van der Waals surface area contributed by atoms with Gasteiger partial charge in [-0.3, -0.25) is 0 Å². The molecule has 0 bridgehead atoms. The molecule has 2 N–H and O–H groups in total. The van der Waals surface area contributed by atoms with Gasteiger partial charge in [-0.05, 0) is 44.6 Å². The van der Waals surface area contributed by atoms with E-state index in [9.17, 15) is 0 Å². The van der Waals surface area contributed by atoms with E-state index in [1.165, 1.54) is 0 Å². The normalized spacial score (nSPS) is 11.9. The zero-order valence-corrected chi connectivity index (χ0v) is 10.9. The van der Waals surface area contributed by atoms with E-state index in [1.54, 1.807) is 0 Å². The third kappa shape index (κ3) is 4.57. The van der Waals surface area contributed by atoms with Gasteiger partial charge in [0.15, 0.2) is 5.11 Å². The van der Waals surface area contributed by atoms with Gasteiger partial charge >= 0.3 is 0 Å². The summed E-state index contributed by atoms with van der Waals surface area (Å²) in [6.07, 6.45) is 2.27. The minimum absolute atomic E-state index is 0.398. The second-order valence-corrected chi connectivity index (χ2v) is 4.36. The number of anilines is 1. The summed E-state index contributed by atoms with van der Waals surface area (Å²) < 4.78 is 0. The van der Waals surface area contributed by atoms with E-state index in [0.717, 1.165) is 24.4 Å². The maximum Gasteiger partial charge on any atom is 0.172 e. The third-order valence-electron chi connectivity index (χ3n) is 2.23. The Balaban J connectivity index is 2.45. The van der Waals surface area contributed by atoms with Crippen molar-refractivity contribution in [1.82, 2.24) is 10.3 Å². The van der Waals surface area contributed by atoms with Gasteiger partial charge in [-0.2, -0.15) is 0 Å². The summed E-state index contributed by atoms with van der Waals surface area (Å²) in [6, 6.07) is 6.23. The summed E-state index contributed by atoms with van der Waals surface area (Å²) in [6.45, 7) is 6.25. The number of nitrogens with zero attached hydrogens (tertiary/aromatic N) is 1. The van der Waals surface area contributed by atoms with Crippen LogP contribution in [0.3, 0.4) is 0 Å². The van der Waals surface area contributed by atoms with Crippen molar-refractivity contribution in [3.63, 3.8) is 0 Å². The fourth-order valence-electron chi connectivity index (χ4n) is 1.49. The second kappa shape index (κ2) is 6.43. The van der Waals surface area contributed by atoms with Crippen molar-refractivity contribution < 1.29 is 0 Å². The van der Waals surface area contributed by atoms with Gasteiger partial charge in [0.25, 0.3) is 0 Å². The molecule has 0 aliphatic rings. The van der Waals surface area contributed by atoms with Crippen molar-refractivity contribution >= 4 is 23.1 Å². The Bertz CT molecular complexity index is 352. The minimum atomic E-state index is 0.398. The van der Waals surface area contributed by atoms with Gasteiger partial charge in [0.05, 0.1) is 0 Å². The van der Waals surface area contributed by atoms with Crippen LogP contribution in [0, 0.1) is 6.92 Å². The van der Waals surface area contributed by atoms with E-state index in [0.29, 0.717) is 11.2 Å². The van der Waals surface area contributed by atoms with Crippen molar-refractivity contribution in [2.75, 3.05) is 5.32 Å². The van der Waals surface area contributed by atoms with Gasteiger partial charge < -0.3 is 10.6 Å². The van der Waals surface area contributed by atoms with Crippen molar-refractivity contribution in [2.24, 2.45) is 0 Å². The molecule has 3 nitrogen and oxygen atoms in total. The van der Waals surface area contributed by atoms with Crippen LogP contribution in [-0.2, 0) is 0 Å². The quantitative estimate of drug-likeness (QED) is 0.790. The number of aromatic nitrogens is 1. The first-order valence-electron chi connectivity index (χ1n) is 5.63. The molecule has 0 aliphatic carbocycles. The van der Waals surface area contributed by atoms with Gasteiger partial charge in [-0.25, -0.2) is 4.98 Å². The lowest BCUT2D eigenvalue weighted by atomic mass is 10.2. The lowest BCUT2D eigenvalue weighted by Crippen LogP contribution is -2.35. The lowest BCUT2D eigenvalue weighted by molar-refractivity contribution is 0.599. The molecule has 1 heterocycles. The van der Waals surface area contributed by atoms with Crippen LogP contribution in [-0.4, -0.2) is 16.1 Å². The van der Waals surface area contributed by atoms with Crippen LogP contribution in [0.1, 0.15) is 32.4 Å². The highest BCUT2D eigenvalue weighted by Gasteiger charge is 2.03. The summed E-state index contributed by atoms with van der Waals surface area (Å²) in [7, 11) is 0. The molecular formula is C12H19N3S. The smallest absolute Gasteiger partial charge is 0.172 e. The number of pyridine rings is 1. The Hall–Kier alpha value is -1.16. The third-order valence-corrected chi connectivity index (χ3v) is 2.45. The number of hydrogen-bond acceptors (Lipinski definition) is 2. The molecule has 0 saturated carbocycles. The van der Waals surface area contributed by atoms with E-state index in [4.69, 9.17) is 12.2 Å². The fourth-order valence-corrected chi connectivity index (χ4v) is 1.80. The van der Waals surface area contributed by atoms with E-state index in [2.05, 4.69) is 29.5 Å². The predicted octanol–water partition coefficient (Wildman–Crippen LogP) is 2.87. The van der Waals surface area contributed by atoms with E-state index < -0.39 is 0 Å². The van der Waals surface area contributed by atoms with Crippen molar-refractivity contribution in [3.8, 4) is 0 Å². The number of rotatable bonds is 4. The number of hydrogen-bond donors (Lipinski definition) is 2. The first-order chi connectivity index (χ1) is 7.61. The van der Waals surface area contributed by atoms with Crippen molar-refractivity contribution in [3.05, 3.63) is 23.9 Å². The van der Waals surface area contributed by atoms with Gasteiger partial charge in [0, 0.05) is 11.7 Å². The van der Waals surface area contributed by atoms with Gasteiger partial charge in [-0.1, -0.05) is 19.4 Å². The predicted molar refractivity (Wildman–Crippen MR) is 72.7 cm³/mol. The summed E-state index contributed by atoms with van der Waals surface area (Å²) >= 11 is 5.21. The molecule has 0 spiro atoms. The Morgan fingerprint density at radius 2 is 2.25 bits per heavy atom. The molecular weight excluding hydrogens is 218 g/mol. The van der Waals surface area contributed by atoms with E-state index in [1.807, 2.05) is 25.1 Å². The molecule has 1 aromatic rings. The SMILES string of the molecule is CCC[C@@H](C)NC(=S)Nc1cccc(C)n1. The molecule has 0 aromatic carbocycles. The highest BCUT2D eigenvalue weighted by molar-refractivity contribution is 7.80. The molecule has 1 atom stereocenters. The molecule has 88 valence electrons. The van der Waals surface area contributed by atoms with Crippen molar-refractivity contribution in [1.29, 1.82) is 0 Å². The molecule has 4 heteroatoms. The van der Waals surface area contributed by atoms with Crippen LogP contribution in [0.25, 0.3) is 0 Å². The van der Waals surface area contributed by atoms with E-state index >= 15 is 0 Å². The standard InChI is InChI=1S/C12H19N3S/c1-4-6-9(2)14-12(16)15-11-8-5-7-10(3)13-11/h5,7-9H,4,6H2,1-3H3,(H2,13,14,15,16)/t9-/m1/s1. The second-order valence-electron chi connectivity index (χ2n) is 3.95. The number of nitrogens with one attached hydrogen (secondary N) is 2. The Kier molecular flexibility index (Phi) is 5.19. The highest BCUT2D eigenvalue weighted by Crippen LogP contribution is 2.04. The molecule has 16 heavy (non-hydrogen) atoms. The van der Waals surface area contributed by atoms with Gasteiger partial charge in [0.2, 0.25) is 0 Å². The fraction of sp³-hybridized carbons (Fsp3) is 0.500. The molecule has 0 saturated heterocycles. The van der Waals surface area contributed by atoms with Gasteiger partial charge in [0.1, 0.15) is 5.82 Å². The molecule has 1 rings (SSSR count). The van der Waals surface area contributed by atoms with Crippen LogP contribution in [0.2, 0.25) is 0 Å². The maximum absolute atomic E-state index is 5.21. The number of thiocarbonyl (C=S) groups is 1. The first kappa shape index (κ1) is 12.9. The topological polar surface area (TPSA) is 37.0 Å². The Morgan fingerprint density at radius 3 is 2.88 bits per heavy atom. The minimum Gasteiger partial charge on any atom is -0.360 e. The van der Waals surface area contributed by atoms with Crippen LogP contribution >= 0.6 is 12.2 Å². The molecule has 0 radical (unpaired) electrons. The molecule has 0 unspecified atom stereocenters. The lowest BCUT2D eigenvalue weighted by Gasteiger charge is -2.15. The Morgan fingerprint density at radius 1 is 1.50 bits per heavy atom. The summed E-state index contributed by atoms with van der Waals surface area (Å²) in [5, 5.41) is 6.95. The van der Waals surface area contributed by atoms with Gasteiger partial charge in [-0.15, -0.1) is 0 Å². The highest BCUT2D eigenvalue weighted by atomic mass is 32.1. The summed E-state index contributed by atoms with van der Waals surface area (Å²) in [4.78, 5) is 4.33. The largest absolute Gasteiger partial charge is 0.360 e. The summed E-state index contributed by atoms with van der Waals surface area (Å²) in [5.74, 6) is 0.793. The molecule has 1 aromatic heterocycles. The molecule has 0 aliphatic heterocycles. The zero-order chi connectivity index (χ0) is 12.0. The number of aryl methyl sites for hydroxylation is 1. The molecule has 0 amide bonds. The van der Waals surface area contributed by atoms with Crippen LogP contribution in [0.5, 0.6) is 0 Å². The van der Waals surface area contributed by atoms with Crippen LogP contribution in [0.15, 0.2) is 18.2 Å². The maximum atomic E-state index is 5.21. The Labute approximate surface area is 103 Å². The van der Waals surface area contributed by atoms with Crippen molar-refractivity contribution in [2.45, 2.75) is 39.7 Å². The average molecular weight is 237 g/mol. The molecule has 0 fully saturated rings. The average Bonchev–Trinajstić information content (AvgIpc) is 2.17. The van der Waals surface area contributed by atoms with E-state index in [-0.39, 0.29) is 0 Å². The monoisotopic (exact) mass is 237 g/mol. The summed E-state index contributed by atoms with van der Waals surface area (Å²) in [5.41, 5.74) is 0.981. The first-order valence-corrected chi connectivity index (χ1v) is 6.03. The van der Waals surface area contributed by atoms with Crippen LogP contribution < -0.4 is 10.6 Å². The van der Waals surface area contributed by atoms with Crippen LogP contribution in [0.4, 0.5) is 5.82 Å². The zero-order valence-electron chi connectivity index (χ0n) is 10.1.